The fraction of sp³-hybridized carbons (Fsp3) is 0.133. The van der Waals surface area contributed by atoms with Gasteiger partial charge >= 0.3 is 6.36 Å². The van der Waals surface area contributed by atoms with Crippen LogP contribution in [0.3, 0.4) is 0 Å². The molecule has 0 N–H and O–H groups in total. The average Bonchev–Trinajstić information content (AvgIpc) is 2.37. The molecule has 0 radical (unpaired) electrons. The van der Waals surface area contributed by atoms with Gasteiger partial charge in [0.05, 0.1) is 5.56 Å². The van der Waals surface area contributed by atoms with Crippen LogP contribution in [0, 0.1) is 6.92 Å². The Labute approximate surface area is 113 Å². The number of benzene rings is 2. The average molecular weight is 280 g/mol. The molecule has 5 heteroatoms. The van der Waals surface area contributed by atoms with Crippen molar-refractivity contribution in [1.82, 2.24) is 0 Å². The van der Waals surface area contributed by atoms with E-state index in [1.807, 2.05) is 25.1 Å². The molecule has 0 saturated heterocycles. The molecule has 0 atom stereocenters. The molecule has 0 bridgehead atoms. The molecule has 0 heterocycles. The van der Waals surface area contributed by atoms with Gasteiger partial charge in [0.15, 0.2) is 6.29 Å². The lowest BCUT2D eigenvalue weighted by atomic mass is 10.0. The number of carbonyl (C=O) groups excluding carboxylic acids is 1. The molecule has 0 saturated carbocycles. The first-order chi connectivity index (χ1) is 9.39. The van der Waals surface area contributed by atoms with Crippen molar-refractivity contribution in [2.24, 2.45) is 0 Å². The van der Waals surface area contributed by atoms with E-state index < -0.39 is 12.1 Å². The summed E-state index contributed by atoms with van der Waals surface area (Å²) in [5.41, 5.74) is 2.16. The van der Waals surface area contributed by atoms with Gasteiger partial charge in [-0.2, -0.15) is 0 Å². The Morgan fingerprint density at radius 1 is 1.05 bits per heavy atom. The van der Waals surface area contributed by atoms with Gasteiger partial charge in [-0.05, 0) is 30.2 Å². The first kappa shape index (κ1) is 14.1. The zero-order chi connectivity index (χ0) is 14.8. The van der Waals surface area contributed by atoms with Crippen LogP contribution < -0.4 is 4.74 Å². The van der Waals surface area contributed by atoms with E-state index in [9.17, 15) is 18.0 Å². The minimum Gasteiger partial charge on any atom is -0.405 e. The summed E-state index contributed by atoms with van der Waals surface area (Å²) in [6, 6.07) is 11.4. The van der Waals surface area contributed by atoms with Gasteiger partial charge in [0.1, 0.15) is 5.75 Å². The van der Waals surface area contributed by atoms with Crippen molar-refractivity contribution in [1.29, 1.82) is 0 Å². The lowest BCUT2D eigenvalue weighted by molar-refractivity contribution is -0.274. The molecule has 0 aliphatic carbocycles. The fourth-order valence-electron chi connectivity index (χ4n) is 1.85. The summed E-state index contributed by atoms with van der Waals surface area (Å²) in [4.78, 5) is 10.8. The number of carbonyl (C=O) groups is 1. The highest BCUT2D eigenvalue weighted by atomic mass is 19.4. The summed E-state index contributed by atoms with van der Waals surface area (Å²) < 4.78 is 40.8. The Morgan fingerprint density at radius 3 is 2.35 bits per heavy atom. The molecule has 2 aromatic carbocycles. The minimum atomic E-state index is -4.83. The summed E-state index contributed by atoms with van der Waals surface area (Å²) >= 11 is 0. The molecular formula is C15H11F3O2. The smallest absolute Gasteiger partial charge is 0.405 e. The van der Waals surface area contributed by atoms with Crippen molar-refractivity contribution in [3.8, 4) is 16.9 Å². The van der Waals surface area contributed by atoms with Crippen LogP contribution in [-0.4, -0.2) is 12.6 Å². The number of hydrogen-bond acceptors (Lipinski definition) is 2. The Bertz CT molecular complexity index is 633. The van der Waals surface area contributed by atoms with Gasteiger partial charge in [-0.1, -0.05) is 35.9 Å². The summed E-state index contributed by atoms with van der Waals surface area (Å²) in [5.74, 6) is -0.494. The van der Waals surface area contributed by atoms with E-state index in [2.05, 4.69) is 4.74 Å². The summed E-state index contributed by atoms with van der Waals surface area (Å²) in [7, 11) is 0. The van der Waals surface area contributed by atoms with Crippen LogP contribution in [0.2, 0.25) is 0 Å². The second-order valence-corrected chi connectivity index (χ2v) is 4.29. The number of alkyl halides is 3. The van der Waals surface area contributed by atoms with Gasteiger partial charge < -0.3 is 4.74 Å². The normalized spacial score (nSPS) is 11.2. The summed E-state index contributed by atoms with van der Waals surface area (Å²) in [6.07, 6.45) is -4.50. The van der Waals surface area contributed by atoms with Crippen LogP contribution in [0.15, 0.2) is 42.5 Å². The Hall–Kier alpha value is -2.30. The molecule has 0 fully saturated rings. The van der Waals surface area contributed by atoms with Crippen LogP contribution in [0.5, 0.6) is 5.75 Å². The SMILES string of the molecule is Cc1cccc(-c2ccc(C=O)c(OC(F)(F)F)c2)c1. The minimum absolute atomic E-state index is 0.140. The molecule has 2 aromatic rings. The lowest BCUT2D eigenvalue weighted by Crippen LogP contribution is -2.18. The maximum atomic E-state index is 12.3. The topological polar surface area (TPSA) is 26.3 Å². The monoisotopic (exact) mass is 280 g/mol. The Balaban J connectivity index is 2.46. The van der Waals surface area contributed by atoms with Gasteiger partial charge in [-0.15, -0.1) is 13.2 Å². The number of aryl methyl sites for hydroxylation is 1. The van der Waals surface area contributed by atoms with Crippen molar-refractivity contribution >= 4 is 6.29 Å². The Kier molecular flexibility index (Phi) is 3.79. The molecule has 0 aliphatic rings. The molecule has 0 aliphatic heterocycles. The highest BCUT2D eigenvalue weighted by Crippen LogP contribution is 2.30. The third-order valence-corrected chi connectivity index (χ3v) is 2.72. The molecule has 0 spiro atoms. The molecular weight excluding hydrogens is 269 g/mol. The van der Waals surface area contributed by atoms with Crippen LogP contribution in [0.4, 0.5) is 13.2 Å². The van der Waals surface area contributed by atoms with Crippen molar-refractivity contribution in [2.75, 3.05) is 0 Å². The van der Waals surface area contributed by atoms with Crippen molar-refractivity contribution in [2.45, 2.75) is 13.3 Å². The van der Waals surface area contributed by atoms with E-state index in [0.717, 1.165) is 11.1 Å². The van der Waals surface area contributed by atoms with Gasteiger partial charge in [-0.3, -0.25) is 4.79 Å². The lowest BCUT2D eigenvalue weighted by Gasteiger charge is -2.12. The molecule has 20 heavy (non-hydrogen) atoms. The van der Waals surface area contributed by atoms with Crippen molar-refractivity contribution < 1.29 is 22.7 Å². The molecule has 2 rings (SSSR count). The Morgan fingerprint density at radius 2 is 1.75 bits per heavy atom. The summed E-state index contributed by atoms with van der Waals surface area (Å²) in [6.45, 7) is 1.89. The molecule has 0 amide bonds. The van der Waals surface area contributed by atoms with Crippen molar-refractivity contribution in [3.05, 3.63) is 53.6 Å². The first-order valence-electron chi connectivity index (χ1n) is 5.81. The van der Waals surface area contributed by atoms with Crippen molar-refractivity contribution in [3.63, 3.8) is 0 Å². The molecule has 2 nitrogen and oxygen atoms in total. The van der Waals surface area contributed by atoms with Crippen LogP contribution in [0.1, 0.15) is 15.9 Å². The number of aldehydes is 1. The standard InChI is InChI=1S/C15H11F3O2/c1-10-3-2-4-11(7-10)12-5-6-13(9-19)14(8-12)20-15(16,17)18/h2-9H,1H3. The predicted octanol–water partition coefficient (Wildman–Crippen LogP) is 4.37. The van der Waals surface area contributed by atoms with Crippen LogP contribution >= 0.6 is 0 Å². The van der Waals surface area contributed by atoms with E-state index in [-0.39, 0.29) is 5.56 Å². The maximum Gasteiger partial charge on any atom is 0.573 e. The zero-order valence-electron chi connectivity index (χ0n) is 10.6. The molecule has 104 valence electrons. The van der Waals surface area contributed by atoms with Gasteiger partial charge in [0.25, 0.3) is 0 Å². The van der Waals surface area contributed by atoms with Gasteiger partial charge in [-0.25, -0.2) is 0 Å². The van der Waals surface area contributed by atoms with Gasteiger partial charge in [0.2, 0.25) is 0 Å². The van der Waals surface area contributed by atoms with E-state index in [0.29, 0.717) is 11.8 Å². The van der Waals surface area contributed by atoms with E-state index in [4.69, 9.17) is 0 Å². The third-order valence-electron chi connectivity index (χ3n) is 2.72. The fourth-order valence-corrected chi connectivity index (χ4v) is 1.85. The number of rotatable bonds is 3. The van der Waals surface area contributed by atoms with E-state index >= 15 is 0 Å². The van der Waals surface area contributed by atoms with Gasteiger partial charge in [0, 0.05) is 0 Å². The van der Waals surface area contributed by atoms with Crippen LogP contribution in [0.25, 0.3) is 11.1 Å². The van der Waals surface area contributed by atoms with E-state index in [1.165, 1.54) is 12.1 Å². The zero-order valence-corrected chi connectivity index (χ0v) is 10.6. The van der Waals surface area contributed by atoms with E-state index in [1.54, 1.807) is 12.1 Å². The number of hydrogen-bond donors (Lipinski definition) is 0. The highest BCUT2D eigenvalue weighted by molar-refractivity contribution is 5.82. The summed E-state index contributed by atoms with van der Waals surface area (Å²) in [5, 5.41) is 0. The number of halogens is 3. The first-order valence-corrected chi connectivity index (χ1v) is 5.81. The predicted molar refractivity (Wildman–Crippen MR) is 68.7 cm³/mol. The molecule has 0 unspecified atom stereocenters. The van der Waals surface area contributed by atoms with Crippen LogP contribution in [-0.2, 0) is 0 Å². The molecule has 0 aromatic heterocycles. The largest absolute Gasteiger partial charge is 0.573 e. The second kappa shape index (κ2) is 5.36. The quantitative estimate of drug-likeness (QED) is 0.780. The maximum absolute atomic E-state index is 12.3. The second-order valence-electron chi connectivity index (χ2n) is 4.29. The third kappa shape index (κ3) is 3.38. The highest BCUT2D eigenvalue weighted by Gasteiger charge is 2.32. The number of ether oxygens (including phenoxy) is 1.